The zero-order valence-corrected chi connectivity index (χ0v) is 8.69. The second-order valence-electron chi connectivity index (χ2n) is 3.05. The molecule has 14 heavy (non-hydrogen) atoms. The lowest BCUT2D eigenvalue weighted by atomic mass is 10.1. The van der Waals surface area contributed by atoms with Gasteiger partial charge in [-0.05, 0) is 20.3 Å². The fraction of sp³-hybridized carbons (Fsp3) is 0.778. The lowest BCUT2D eigenvalue weighted by Gasteiger charge is -2.18. The summed E-state index contributed by atoms with van der Waals surface area (Å²) in [6, 6.07) is -0.936. The number of aliphatic carboxylic acids is 1. The SMILES string of the molecule is CCN(CC)C(=O)CC[C@H](N)C(=O)O. The van der Waals surface area contributed by atoms with Gasteiger partial charge in [-0.3, -0.25) is 9.59 Å². The van der Waals surface area contributed by atoms with Crippen molar-refractivity contribution < 1.29 is 14.7 Å². The van der Waals surface area contributed by atoms with Crippen LogP contribution in [0.25, 0.3) is 0 Å². The summed E-state index contributed by atoms with van der Waals surface area (Å²) in [4.78, 5) is 23.4. The molecule has 0 aliphatic heterocycles. The lowest BCUT2D eigenvalue weighted by Crippen LogP contribution is -2.34. The van der Waals surface area contributed by atoms with E-state index in [2.05, 4.69) is 0 Å². The van der Waals surface area contributed by atoms with E-state index in [1.54, 1.807) is 4.90 Å². The number of rotatable bonds is 6. The van der Waals surface area contributed by atoms with Gasteiger partial charge in [0.2, 0.25) is 5.91 Å². The molecule has 0 aromatic carbocycles. The van der Waals surface area contributed by atoms with Crippen LogP contribution in [0.4, 0.5) is 0 Å². The molecule has 1 amide bonds. The molecular weight excluding hydrogens is 184 g/mol. The van der Waals surface area contributed by atoms with Gasteiger partial charge in [0.1, 0.15) is 6.04 Å². The van der Waals surface area contributed by atoms with Gasteiger partial charge in [-0.2, -0.15) is 0 Å². The van der Waals surface area contributed by atoms with Crippen LogP contribution in [0.1, 0.15) is 26.7 Å². The summed E-state index contributed by atoms with van der Waals surface area (Å²) in [7, 11) is 0. The van der Waals surface area contributed by atoms with Crippen molar-refractivity contribution in [1.29, 1.82) is 0 Å². The maximum atomic E-state index is 11.4. The van der Waals surface area contributed by atoms with Gasteiger partial charge < -0.3 is 15.7 Å². The predicted molar refractivity (Wildman–Crippen MR) is 52.8 cm³/mol. The first-order valence-electron chi connectivity index (χ1n) is 4.79. The molecule has 0 unspecified atom stereocenters. The Balaban J connectivity index is 3.89. The first kappa shape index (κ1) is 12.9. The average Bonchev–Trinajstić information content (AvgIpc) is 2.15. The van der Waals surface area contributed by atoms with Crippen LogP contribution < -0.4 is 5.73 Å². The third kappa shape index (κ3) is 4.23. The number of hydrogen-bond donors (Lipinski definition) is 2. The fourth-order valence-corrected chi connectivity index (χ4v) is 1.14. The summed E-state index contributed by atoms with van der Waals surface area (Å²) < 4.78 is 0. The van der Waals surface area contributed by atoms with E-state index in [0.29, 0.717) is 13.1 Å². The molecule has 0 aliphatic carbocycles. The third-order valence-electron chi connectivity index (χ3n) is 2.10. The van der Waals surface area contributed by atoms with E-state index < -0.39 is 12.0 Å². The molecule has 0 saturated carbocycles. The van der Waals surface area contributed by atoms with Crippen LogP contribution in [0.3, 0.4) is 0 Å². The molecule has 0 aromatic rings. The Labute approximate surface area is 83.9 Å². The normalized spacial score (nSPS) is 12.2. The maximum Gasteiger partial charge on any atom is 0.320 e. The number of carboxylic acids is 1. The van der Waals surface area contributed by atoms with Gasteiger partial charge in [0.25, 0.3) is 0 Å². The molecule has 3 N–H and O–H groups in total. The molecular formula is C9H18N2O3. The zero-order valence-electron chi connectivity index (χ0n) is 8.69. The minimum atomic E-state index is -1.06. The van der Waals surface area contributed by atoms with E-state index >= 15 is 0 Å². The van der Waals surface area contributed by atoms with Gasteiger partial charge in [-0.1, -0.05) is 0 Å². The Kier molecular flexibility index (Phi) is 5.87. The Morgan fingerprint density at radius 1 is 1.36 bits per heavy atom. The molecule has 0 saturated heterocycles. The first-order valence-corrected chi connectivity index (χ1v) is 4.79. The van der Waals surface area contributed by atoms with Gasteiger partial charge in [0.05, 0.1) is 0 Å². The van der Waals surface area contributed by atoms with Crippen molar-refractivity contribution in [3.8, 4) is 0 Å². The van der Waals surface area contributed by atoms with Gasteiger partial charge in [0, 0.05) is 19.5 Å². The van der Waals surface area contributed by atoms with E-state index in [4.69, 9.17) is 10.8 Å². The Hall–Kier alpha value is -1.10. The average molecular weight is 202 g/mol. The van der Waals surface area contributed by atoms with Crippen LogP contribution in [-0.2, 0) is 9.59 Å². The minimum absolute atomic E-state index is 0.0355. The lowest BCUT2D eigenvalue weighted by molar-refractivity contribution is -0.139. The summed E-state index contributed by atoms with van der Waals surface area (Å²) in [5.74, 6) is -1.09. The highest BCUT2D eigenvalue weighted by atomic mass is 16.4. The number of carboxylic acid groups (broad SMARTS) is 1. The van der Waals surface area contributed by atoms with Crippen molar-refractivity contribution >= 4 is 11.9 Å². The largest absolute Gasteiger partial charge is 0.480 e. The van der Waals surface area contributed by atoms with E-state index in [-0.39, 0.29) is 18.7 Å². The van der Waals surface area contributed by atoms with Crippen LogP contribution in [0.2, 0.25) is 0 Å². The van der Waals surface area contributed by atoms with E-state index in [0.717, 1.165) is 0 Å². The van der Waals surface area contributed by atoms with Crippen molar-refractivity contribution in [2.24, 2.45) is 5.73 Å². The number of nitrogens with zero attached hydrogens (tertiary/aromatic N) is 1. The molecule has 0 rings (SSSR count). The molecule has 0 aromatic heterocycles. The Morgan fingerprint density at radius 2 is 1.86 bits per heavy atom. The highest BCUT2D eigenvalue weighted by Gasteiger charge is 2.15. The minimum Gasteiger partial charge on any atom is -0.480 e. The summed E-state index contributed by atoms with van der Waals surface area (Å²) >= 11 is 0. The Bertz CT molecular complexity index is 202. The van der Waals surface area contributed by atoms with Gasteiger partial charge >= 0.3 is 5.97 Å². The number of hydrogen-bond acceptors (Lipinski definition) is 3. The quantitative estimate of drug-likeness (QED) is 0.637. The predicted octanol–water partition coefficient (Wildman–Crippen LogP) is 0.0469. The zero-order chi connectivity index (χ0) is 11.1. The van der Waals surface area contributed by atoms with Gasteiger partial charge in [-0.25, -0.2) is 0 Å². The highest BCUT2D eigenvalue weighted by Crippen LogP contribution is 2.00. The number of amides is 1. The van der Waals surface area contributed by atoms with Crippen LogP contribution in [0.15, 0.2) is 0 Å². The standard InChI is InChI=1S/C9H18N2O3/c1-3-11(4-2)8(12)6-5-7(10)9(13)14/h7H,3-6,10H2,1-2H3,(H,13,14)/t7-/m0/s1. The molecule has 0 spiro atoms. The highest BCUT2D eigenvalue weighted by molar-refractivity contribution is 5.78. The molecule has 1 atom stereocenters. The van der Waals surface area contributed by atoms with Crippen molar-refractivity contribution in [2.45, 2.75) is 32.7 Å². The first-order chi connectivity index (χ1) is 6.52. The maximum absolute atomic E-state index is 11.4. The molecule has 5 heteroatoms. The summed E-state index contributed by atoms with van der Waals surface area (Å²) in [6.45, 7) is 5.08. The number of carbonyl (C=O) groups excluding carboxylic acids is 1. The smallest absolute Gasteiger partial charge is 0.320 e. The number of nitrogens with two attached hydrogens (primary N) is 1. The summed E-state index contributed by atoms with van der Waals surface area (Å²) in [6.07, 6.45) is 0.403. The molecule has 82 valence electrons. The van der Waals surface area contributed by atoms with Crippen molar-refractivity contribution in [3.63, 3.8) is 0 Å². The summed E-state index contributed by atoms with van der Waals surface area (Å²) in [5, 5.41) is 8.50. The van der Waals surface area contributed by atoms with Gasteiger partial charge in [-0.15, -0.1) is 0 Å². The molecule has 0 heterocycles. The monoisotopic (exact) mass is 202 g/mol. The van der Waals surface area contributed by atoms with Crippen LogP contribution in [0, 0.1) is 0 Å². The van der Waals surface area contributed by atoms with E-state index in [9.17, 15) is 9.59 Å². The van der Waals surface area contributed by atoms with E-state index in [1.165, 1.54) is 0 Å². The summed E-state index contributed by atoms with van der Waals surface area (Å²) in [5.41, 5.74) is 5.28. The number of carbonyl (C=O) groups is 2. The molecule has 0 bridgehead atoms. The van der Waals surface area contributed by atoms with Crippen LogP contribution in [-0.4, -0.2) is 41.0 Å². The second-order valence-corrected chi connectivity index (χ2v) is 3.05. The fourth-order valence-electron chi connectivity index (χ4n) is 1.14. The van der Waals surface area contributed by atoms with Crippen LogP contribution in [0.5, 0.6) is 0 Å². The van der Waals surface area contributed by atoms with Crippen molar-refractivity contribution in [2.75, 3.05) is 13.1 Å². The third-order valence-corrected chi connectivity index (χ3v) is 2.10. The van der Waals surface area contributed by atoms with E-state index in [1.807, 2.05) is 13.8 Å². The molecule has 5 nitrogen and oxygen atoms in total. The van der Waals surface area contributed by atoms with Crippen molar-refractivity contribution in [1.82, 2.24) is 4.90 Å². The van der Waals surface area contributed by atoms with Crippen LogP contribution >= 0.6 is 0 Å². The molecule has 0 aliphatic rings. The molecule has 0 radical (unpaired) electrons. The van der Waals surface area contributed by atoms with Gasteiger partial charge in [0.15, 0.2) is 0 Å². The molecule has 0 fully saturated rings. The Morgan fingerprint density at radius 3 is 2.21 bits per heavy atom. The van der Waals surface area contributed by atoms with Crippen molar-refractivity contribution in [3.05, 3.63) is 0 Å². The topological polar surface area (TPSA) is 83.6 Å². The second kappa shape index (κ2) is 6.37.